The quantitative estimate of drug-likeness (QED) is 0.614. The first-order chi connectivity index (χ1) is 16.8. The standard InChI is InChI=1S/C25H21FN4O4S/c1-13-7-9-14(10-8-13)29-23(32)21-20(15-5-3-4-6-17(15)26)16(12-27)22(28)30-24(33)18(35-25(21)30)11-19(31)34-2/h3-10,18,20H,11,28H2,1-2H3,(H,29,32)/t18-,20+/m1/s1. The minimum atomic E-state index is -1.16. The summed E-state index contributed by atoms with van der Waals surface area (Å²) in [6, 6.07) is 14.8. The van der Waals surface area contributed by atoms with Crippen LogP contribution in [-0.4, -0.2) is 35.0 Å². The number of halogens is 1. The normalized spacial score (nSPS) is 19.4. The second-order valence-electron chi connectivity index (χ2n) is 7.96. The minimum absolute atomic E-state index is 0.00728. The van der Waals surface area contributed by atoms with Crippen LogP contribution in [0.15, 0.2) is 70.5 Å². The molecule has 0 saturated carbocycles. The first-order valence-electron chi connectivity index (χ1n) is 10.6. The molecular formula is C25H21FN4O4S. The minimum Gasteiger partial charge on any atom is -0.469 e. The molecule has 2 aliphatic rings. The van der Waals surface area contributed by atoms with E-state index in [0.717, 1.165) is 22.2 Å². The number of aryl methyl sites for hydroxylation is 1. The van der Waals surface area contributed by atoms with Crippen LogP contribution < -0.4 is 11.1 Å². The summed E-state index contributed by atoms with van der Waals surface area (Å²) in [4.78, 5) is 39.8. The van der Waals surface area contributed by atoms with E-state index in [4.69, 9.17) is 5.73 Å². The van der Waals surface area contributed by atoms with Crippen LogP contribution in [0.1, 0.15) is 23.5 Å². The smallest absolute Gasteiger partial charge is 0.307 e. The summed E-state index contributed by atoms with van der Waals surface area (Å²) in [5.74, 6) is -3.79. The summed E-state index contributed by atoms with van der Waals surface area (Å²) in [5.41, 5.74) is 7.64. The fraction of sp³-hybridized carbons (Fsp3) is 0.200. The van der Waals surface area contributed by atoms with Gasteiger partial charge in [0.2, 0.25) is 5.91 Å². The molecule has 2 aromatic rings. The zero-order valence-electron chi connectivity index (χ0n) is 18.9. The SMILES string of the molecule is COC(=O)C[C@H]1SC2=C(C(=O)Nc3ccc(C)cc3)[C@@H](c3ccccc3F)C(C#N)=C(N)N2C1=O. The Hall–Kier alpha value is -4.10. The van der Waals surface area contributed by atoms with E-state index in [2.05, 4.69) is 10.1 Å². The van der Waals surface area contributed by atoms with Gasteiger partial charge in [-0.1, -0.05) is 47.7 Å². The number of hydrogen-bond acceptors (Lipinski definition) is 7. The molecule has 2 aromatic carbocycles. The molecule has 2 atom stereocenters. The van der Waals surface area contributed by atoms with Crippen LogP contribution in [0.25, 0.3) is 0 Å². The second-order valence-corrected chi connectivity index (χ2v) is 9.16. The van der Waals surface area contributed by atoms with Crippen LogP contribution >= 0.6 is 11.8 Å². The number of esters is 1. The van der Waals surface area contributed by atoms with Crippen molar-refractivity contribution in [3.05, 3.63) is 87.5 Å². The van der Waals surface area contributed by atoms with Crippen LogP contribution in [-0.2, 0) is 19.1 Å². The number of carbonyl (C=O) groups excluding carboxylic acids is 3. The molecule has 0 spiro atoms. The van der Waals surface area contributed by atoms with Gasteiger partial charge in [0.1, 0.15) is 16.9 Å². The van der Waals surface area contributed by atoms with Gasteiger partial charge in [0.05, 0.1) is 41.7 Å². The van der Waals surface area contributed by atoms with Crippen LogP contribution in [0.5, 0.6) is 0 Å². The Bertz CT molecular complexity index is 1330. The molecule has 0 unspecified atom stereocenters. The van der Waals surface area contributed by atoms with Crippen molar-refractivity contribution in [2.24, 2.45) is 5.73 Å². The summed E-state index contributed by atoms with van der Waals surface area (Å²) in [7, 11) is 1.20. The molecule has 4 rings (SSSR count). The Morgan fingerprint density at radius 1 is 1.23 bits per heavy atom. The molecule has 1 saturated heterocycles. The zero-order valence-corrected chi connectivity index (χ0v) is 19.7. The van der Waals surface area contributed by atoms with Crippen molar-refractivity contribution in [1.82, 2.24) is 4.90 Å². The number of hydrogen-bond donors (Lipinski definition) is 2. The van der Waals surface area contributed by atoms with Crippen molar-refractivity contribution >= 4 is 35.2 Å². The van der Waals surface area contributed by atoms with Crippen molar-refractivity contribution in [3.8, 4) is 6.07 Å². The molecule has 8 nitrogen and oxygen atoms in total. The number of nitrogens with one attached hydrogen (secondary N) is 1. The number of allylic oxidation sites excluding steroid dienone is 1. The number of nitrogens with zero attached hydrogens (tertiary/aromatic N) is 2. The van der Waals surface area contributed by atoms with E-state index >= 15 is 0 Å². The van der Waals surface area contributed by atoms with Crippen LogP contribution in [0.3, 0.4) is 0 Å². The Labute approximate surface area is 205 Å². The highest BCUT2D eigenvalue weighted by molar-refractivity contribution is 8.04. The number of thioether (sulfide) groups is 1. The molecule has 35 heavy (non-hydrogen) atoms. The highest BCUT2D eigenvalue weighted by atomic mass is 32.2. The molecule has 0 aromatic heterocycles. The van der Waals surface area contributed by atoms with Crippen molar-refractivity contribution in [3.63, 3.8) is 0 Å². The summed E-state index contributed by atoms with van der Waals surface area (Å²) in [6.07, 6.45) is -0.258. The second kappa shape index (κ2) is 9.64. The highest BCUT2D eigenvalue weighted by Crippen LogP contribution is 2.50. The van der Waals surface area contributed by atoms with E-state index in [9.17, 15) is 24.0 Å². The third kappa shape index (κ3) is 4.38. The van der Waals surface area contributed by atoms with Gasteiger partial charge in [0.15, 0.2) is 0 Å². The Balaban J connectivity index is 1.89. The Morgan fingerprint density at radius 3 is 2.54 bits per heavy atom. The molecule has 2 aliphatic heterocycles. The molecule has 0 radical (unpaired) electrons. The summed E-state index contributed by atoms with van der Waals surface area (Å²) < 4.78 is 19.6. The molecular weight excluding hydrogens is 471 g/mol. The van der Waals surface area contributed by atoms with Crippen molar-refractivity contribution in [2.75, 3.05) is 12.4 Å². The van der Waals surface area contributed by atoms with Gasteiger partial charge >= 0.3 is 5.97 Å². The van der Waals surface area contributed by atoms with E-state index in [1.165, 1.54) is 25.3 Å². The molecule has 2 heterocycles. The Morgan fingerprint density at radius 2 is 1.91 bits per heavy atom. The fourth-order valence-electron chi connectivity index (χ4n) is 4.00. The number of methoxy groups -OCH3 is 1. The van der Waals surface area contributed by atoms with Crippen molar-refractivity contribution in [2.45, 2.75) is 24.5 Å². The van der Waals surface area contributed by atoms with Crippen molar-refractivity contribution < 1.29 is 23.5 Å². The molecule has 2 amide bonds. The molecule has 178 valence electrons. The van der Waals surface area contributed by atoms with Gasteiger partial charge in [0.25, 0.3) is 5.91 Å². The maximum atomic E-state index is 15.0. The Kier molecular flexibility index (Phi) is 6.62. The van der Waals surface area contributed by atoms with Gasteiger partial charge in [-0.05, 0) is 25.1 Å². The van der Waals surface area contributed by atoms with Crippen molar-refractivity contribution in [1.29, 1.82) is 5.26 Å². The van der Waals surface area contributed by atoms with Crippen LogP contribution in [0, 0.1) is 24.1 Å². The van der Waals surface area contributed by atoms with Gasteiger partial charge in [-0.25, -0.2) is 4.39 Å². The zero-order chi connectivity index (χ0) is 25.3. The number of nitrogens with two attached hydrogens (primary N) is 1. The number of rotatable bonds is 5. The first kappa shape index (κ1) is 24.0. The fourth-order valence-corrected chi connectivity index (χ4v) is 5.33. The number of nitriles is 1. The third-order valence-electron chi connectivity index (χ3n) is 5.75. The van der Waals surface area contributed by atoms with E-state index in [0.29, 0.717) is 5.69 Å². The number of ether oxygens (including phenoxy) is 1. The number of benzene rings is 2. The summed E-state index contributed by atoms with van der Waals surface area (Å²) in [6.45, 7) is 1.90. The lowest BCUT2D eigenvalue weighted by molar-refractivity contribution is -0.142. The molecule has 0 aliphatic carbocycles. The van der Waals surface area contributed by atoms with Gasteiger partial charge < -0.3 is 15.8 Å². The topological polar surface area (TPSA) is 126 Å². The van der Waals surface area contributed by atoms with Gasteiger partial charge in [-0.15, -0.1) is 0 Å². The third-order valence-corrected chi connectivity index (χ3v) is 7.03. The lowest BCUT2D eigenvalue weighted by atomic mass is 9.82. The number of fused-ring (bicyclic) bond motifs is 1. The van der Waals surface area contributed by atoms with Gasteiger partial charge in [-0.2, -0.15) is 5.26 Å². The predicted molar refractivity (Wildman–Crippen MR) is 128 cm³/mol. The maximum Gasteiger partial charge on any atom is 0.307 e. The molecule has 3 N–H and O–H groups in total. The average molecular weight is 493 g/mol. The van der Waals surface area contributed by atoms with Gasteiger partial charge in [0, 0.05) is 11.3 Å². The average Bonchev–Trinajstić information content (AvgIpc) is 3.16. The molecule has 0 bridgehead atoms. The number of amides is 2. The lowest BCUT2D eigenvalue weighted by Gasteiger charge is -2.32. The highest BCUT2D eigenvalue weighted by Gasteiger charge is 2.49. The number of anilines is 1. The molecule has 10 heteroatoms. The monoisotopic (exact) mass is 492 g/mol. The van der Waals surface area contributed by atoms with Crippen LogP contribution in [0.2, 0.25) is 0 Å². The predicted octanol–water partition coefficient (Wildman–Crippen LogP) is 3.28. The lowest BCUT2D eigenvalue weighted by Crippen LogP contribution is -2.39. The van der Waals surface area contributed by atoms with E-state index < -0.39 is 34.8 Å². The van der Waals surface area contributed by atoms with E-state index in [1.54, 1.807) is 18.2 Å². The summed E-state index contributed by atoms with van der Waals surface area (Å²) in [5, 5.41) is 12.0. The maximum absolute atomic E-state index is 15.0. The number of carbonyl (C=O) groups is 3. The van der Waals surface area contributed by atoms with E-state index in [-0.39, 0.29) is 34.0 Å². The first-order valence-corrected chi connectivity index (χ1v) is 11.5. The van der Waals surface area contributed by atoms with Crippen LogP contribution in [0.4, 0.5) is 10.1 Å². The largest absolute Gasteiger partial charge is 0.469 e. The summed E-state index contributed by atoms with van der Waals surface area (Å²) >= 11 is 0.965. The van der Waals surface area contributed by atoms with E-state index in [1.807, 2.05) is 25.1 Å². The molecule has 1 fully saturated rings. The van der Waals surface area contributed by atoms with Gasteiger partial charge in [-0.3, -0.25) is 19.3 Å².